The fraction of sp³-hybridized carbons (Fsp3) is 0.368. The second-order valence-corrected chi connectivity index (χ2v) is 14.7. The molecular weight excluding hydrogens is 542 g/mol. The lowest BCUT2D eigenvalue weighted by molar-refractivity contribution is 0.00578. The Morgan fingerprint density at radius 2 is 0.705 bits per heavy atom. The van der Waals surface area contributed by atoms with Crippen LogP contribution in [0.3, 0.4) is 0 Å². The Balaban J connectivity index is 1.08. The van der Waals surface area contributed by atoms with E-state index in [-0.39, 0.29) is 36.6 Å². The fourth-order valence-electron chi connectivity index (χ4n) is 6.38. The van der Waals surface area contributed by atoms with E-state index in [1.54, 1.807) is 0 Å². The van der Waals surface area contributed by atoms with Crippen LogP contribution in [0, 0.1) is 0 Å². The van der Waals surface area contributed by atoms with Crippen molar-refractivity contribution in [3.63, 3.8) is 0 Å². The summed E-state index contributed by atoms with van der Waals surface area (Å²) in [6, 6.07) is 31.1. The zero-order valence-electron chi connectivity index (χ0n) is 27.3. The van der Waals surface area contributed by atoms with Crippen molar-refractivity contribution in [1.82, 2.24) is 0 Å². The van der Waals surface area contributed by atoms with E-state index in [1.807, 2.05) is 0 Å². The molecule has 0 unspecified atom stereocenters. The third kappa shape index (κ3) is 4.97. The van der Waals surface area contributed by atoms with Crippen LogP contribution in [0.5, 0.6) is 0 Å². The summed E-state index contributed by atoms with van der Waals surface area (Å²) in [5.74, 6) is 0. The molecule has 2 aliphatic heterocycles. The molecule has 2 saturated heterocycles. The van der Waals surface area contributed by atoms with Gasteiger partial charge in [-0.25, -0.2) is 0 Å². The molecule has 3 aliphatic rings. The number of hydrogen-bond acceptors (Lipinski definition) is 4. The summed E-state index contributed by atoms with van der Waals surface area (Å²) in [5.41, 5.74) is 11.1. The molecule has 0 aromatic heterocycles. The first-order chi connectivity index (χ1) is 20.7. The quantitative estimate of drug-likeness (QED) is 0.235. The summed E-state index contributed by atoms with van der Waals surface area (Å²) < 4.78 is 25.0. The Hall–Kier alpha value is -3.15. The van der Waals surface area contributed by atoms with Gasteiger partial charge in [-0.2, -0.15) is 0 Å². The molecule has 0 amide bonds. The molecule has 0 radical (unpaired) electrons. The molecule has 1 aliphatic carbocycles. The highest BCUT2D eigenvalue weighted by atomic mass is 16.7. The summed E-state index contributed by atoms with van der Waals surface area (Å²) in [6.07, 6.45) is 2.07. The van der Waals surface area contributed by atoms with Crippen LogP contribution in [0.1, 0.15) is 66.5 Å². The van der Waals surface area contributed by atoms with Crippen LogP contribution in [0.15, 0.2) is 84.9 Å². The van der Waals surface area contributed by atoms with Crippen molar-refractivity contribution >= 4 is 25.2 Å². The van der Waals surface area contributed by atoms with E-state index >= 15 is 0 Å². The number of hydrogen-bond donors (Lipinski definition) is 0. The highest BCUT2D eigenvalue weighted by molar-refractivity contribution is 6.62. The highest BCUT2D eigenvalue weighted by Crippen LogP contribution is 2.40. The Kier molecular flexibility index (Phi) is 6.84. The van der Waals surface area contributed by atoms with Crippen LogP contribution < -0.4 is 10.9 Å². The molecule has 0 atom stereocenters. The van der Waals surface area contributed by atoms with Crippen LogP contribution in [0.4, 0.5) is 0 Å². The van der Waals surface area contributed by atoms with Gasteiger partial charge in [0, 0.05) is 0 Å². The Morgan fingerprint density at radius 1 is 0.409 bits per heavy atom. The van der Waals surface area contributed by atoms with Crippen molar-refractivity contribution in [3.05, 3.63) is 96.1 Å². The lowest BCUT2D eigenvalue weighted by Crippen LogP contribution is -2.41. The van der Waals surface area contributed by atoms with Crippen LogP contribution in [0.2, 0.25) is 0 Å². The van der Waals surface area contributed by atoms with Gasteiger partial charge < -0.3 is 18.6 Å². The van der Waals surface area contributed by atoms with Crippen molar-refractivity contribution in [1.29, 1.82) is 0 Å². The van der Waals surface area contributed by atoms with Gasteiger partial charge >= 0.3 is 14.2 Å². The molecule has 2 heterocycles. The number of aryl methyl sites for hydroxylation is 2. The number of rotatable bonds is 4. The Morgan fingerprint density at radius 3 is 1.02 bits per heavy atom. The Bertz CT molecular complexity index is 1560. The smallest absolute Gasteiger partial charge is 0.399 e. The van der Waals surface area contributed by atoms with E-state index < -0.39 is 0 Å². The monoisotopic (exact) mass is 584 g/mol. The molecule has 4 aromatic rings. The highest BCUT2D eigenvalue weighted by Gasteiger charge is 2.52. The van der Waals surface area contributed by atoms with E-state index in [0.29, 0.717) is 0 Å². The largest absolute Gasteiger partial charge is 0.494 e. The predicted octanol–water partition coefficient (Wildman–Crippen LogP) is 7.38. The molecule has 2 fully saturated rings. The third-order valence-corrected chi connectivity index (χ3v) is 10.7. The van der Waals surface area contributed by atoms with Crippen LogP contribution in [-0.2, 0) is 31.5 Å². The van der Waals surface area contributed by atoms with E-state index in [2.05, 4.69) is 140 Å². The average molecular weight is 584 g/mol. The van der Waals surface area contributed by atoms with E-state index in [4.69, 9.17) is 18.6 Å². The molecule has 0 bridgehead atoms. The van der Waals surface area contributed by atoms with Crippen molar-refractivity contribution in [2.75, 3.05) is 0 Å². The SMILES string of the molecule is CC1(C)OB(c2ccc(-c3ccc4c(c3)CCc3cc(-c5ccc(B6OC(C)(C)C(C)(C)O6)cc5)ccc3-4)cc2)OC1(C)C. The number of fused-ring (bicyclic) bond motifs is 3. The lowest BCUT2D eigenvalue weighted by Gasteiger charge is -2.32. The van der Waals surface area contributed by atoms with Crippen molar-refractivity contribution in [2.45, 2.75) is 90.6 Å². The van der Waals surface area contributed by atoms with Gasteiger partial charge in [0.15, 0.2) is 0 Å². The van der Waals surface area contributed by atoms with Gasteiger partial charge in [-0.1, -0.05) is 84.9 Å². The summed E-state index contributed by atoms with van der Waals surface area (Å²) in [5, 5.41) is 0. The first kappa shape index (κ1) is 29.6. The zero-order valence-corrected chi connectivity index (χ0v) is 27.3. The molecule has 0 saturated carbocycles. The maximum Gasteiger partial charge on any atom is 0.494 e. The van der Waals surface area contributed by atoms with E-state index in [1.165, 1.54) is 44.5 Å². The second-order valence-electron chi connectivity index (χ2n) is 14.7. The van der Waals surface area contributed by atoms with Gasteiger partial charge in [0.25, 0.3) is 0 Å². The van der Waals surface area contributed by atoms with Gasteiger partial charge in [0.2, 0.25) is 0 Å². The topological polar surface area (TPSA) is 36.9 Å². The Labute approximate surface area is 263 Å². The van der Waals surface area contributed by atoms with Crippen molar-refractivity contribution in [3.8, 4) is 33.4 Å². The van der Waals surface area contributed by atoms with E-state index in [0.717, 1.165) is 23.8 Å². The molecule has 4 nitrogen and oxygen atoms in total. The van der Waals surface area contributed by atoms with Crippen LogP contribution >= 0.6 is 0 Å². The summed E-state index contributed by atoms with van der Waals surface area (Å²) in [7, 11) is -0.681. The van der Waals surface area contributed by atoms with Crippen molar-refractivity contribution in [2.24, 2.45) is 0 Å². The minimum Gasteiger partial charge on any atom is -0.399 e. The summed E-state index contributed by atoms with van der Waals surface area (Å²) in [6.45, 7) is 16.7. The van der Waals surface area contributed by atoms with Crippen molar-refractivity contribution < 1.29 is 18.6 Å². The third-order valence-electron chi connectivity index (χ3n) is 10.7. The lowest BCUT2D eigenvalue weighted by atomic mass is 9.78. The molecule has 7 rings (SSSR count). The number of benzene rings is 4. The molecule has 6 heteroatoms. The van der Waals surface area contributed by atoms with Gasteiger partial charge in [-0.15, -0.1) is 0 Å². The molecule has 4 aromatic carbocycles. The summed E-state index contributed by atoms with van der Waals surface area (Å²) >= 11 is 0. The standard InChI is InChI=1S/C38H42B2O4/c1-35(2)36(3,4)42-39(41-35)31-17-11-25(12-18-31)27-15-21-33-29(23-27)9-10-30-24-28(16-22-34(30)33)26-13-19-32(20-14-26)40-43-37(5,6)38(7,8)44-40/h11-24H,9-10H2,1-8H3. The van der Waals surface area contributed by atoms with Gasteiger partial charge in [0.05, 0.1) is 22.4 Å². The van der Waals surface area contributed by atoms with E-state index in [9.17, 15) is 0 Å². The van der Waals surface area contributed by atoms with Crippen LogP contribution in [0.25, 0.3) is 33.4 Å². The van der Waals surface area contributed by atoms with Gasteiger partial charge in [-0.3, -0.25) is 0 Å². The van der Waals surface area contributed by atoms with Crippen LogP contribution in [-0.4, -0.2) is 36.6 Å². The fourth-order valence-corrected chi connectivity index (χ4v) is 6.38. The second kappa shape index (κ2) is 10.2. The minimum absolute atomic E-state index is 0.341. The molecule has 224 valence electrons. The summed E-state index contributed by atoms with van der Waals surface area (Å²) in [4.78, 5) is 0. The molecular formula is C38H42B2O4. The van der Waals surface area contributed by atoms with Gasteiger partial charge in [-0.05, 0) is 124 Å². The predicted molar refractivity (Wildman–Crippen MR) is 182 cm³/mol. The normalized spacial score (nSPS) is 20.8. The first-order valence-electron chi connectivity index (χ1n) is 15.9. The van der Waals surface area contributed by atoms with Gasteiger partial charge in [0.1, 0.15) is 0 Å². The first-order valence-corrected chi connectivity index (χ1v) is 15.9. The molecule has 44 heavy (non-hydrogen) atoms. The maximum atomic E-state index is 6.25. The molecule has 0 spiro atoms. The molecule has 0 N–H and O–H groups in total. The maximum absolute atomic E-state index is 6.25. The zero-order chi connectivity index (χ0) is 31.1. The average Bonchev–Trinajstić information content (AvgIpc) is 3.36. The minimum atomic E-state index is -0.342.